The summed E-state index contributed by atoms with van der Waals surface area (Å²) in [4.78, 5) is 11.4. The molecule has 0 aliphatic heterocycles. The first kappa shape index (κ1) is 16.7. The van der Waals surface area contributed by atoms with Gasteiger partial charge in [0.15, 0.2) is 0 Å². The zero-order valence-electron chi connectivity index (χ0n) is 13.9. The van der Waals surface area contributed by atoms with Crippen LogP contribution >= 0.6 is 7.92 Å². The fourth-order valence-electron chi connectivity index (χ4n) is 3.04. The molecule has 1 aliphatic rings. The van der Waals surface area contributed by atoms with Crippen molar-refractivity contribution in [2.45, 2.75) is 20.0 Å². The van der Waals surface area contributed by atoms with Crippen LogP contribution in [0.3, 0.4) is 0 Å². The van der Waals surface area contributed by atoms with Crippen molar-refractivity contribution in [3.63, 3.8) is 0 Å². The lowest BCUT2D eigenvalue weighted by molar-refractivity contribution is -0.146. The fraction of sp³-hybridized carbons (Fsp3) is 0.190. The Labute approximate surface area is 144 Å². The van der Waals surface area contributed by atoms with Gasteiger partial charge < -0.3 is 4.74 Å². The van der Waals surface area contributed by atoms with E-state index in [-0.39, 0.29) is 18.0 Å². The van der Waals surface area contributed by atoms with Crippen LogP contribution in [0.2, 0.25) is 0 Å². The van der Waals surface area contributed by atoms with Crippen molar-refractivity contribution in [2.75, 3.05) is 0 Å². The van der Waals surface area contributed by atoms with Crippen LogP contribution in [-0.4, -0.2) is 12.1 Å². The van der Waals surface area contributed by atoms with E-state index in [4.69, 9.17) is 4.74 Å². The molecule has 0 saturated heterocycles. The molecule has 3 heteroatoms. The number of hydrogen-bond donors (Lipinski definition) is 0. The van der Waals surface area contributed by atoms with Crippen LogP contribution in [0.1, 0.15) is 13.8 Å². The molecule has 1 aliphatic carbocycles. The van der Waals surface area contributed by atoms with Crippen LogP contribution in [-0.2, 0) is 9.53 Å². The van der Waals surface area contributed by atoms with Gasteiger partial charge in [0.2, 0.25) is 0 Å². The minimum atomic E-state index is -0.641. The lowest BCUT2D eigenvalue weighted by Crippen LogP contribution is -2.24. The Bertz CT molecular complexity index is 710. The molecule has 0 bridgehead atoms. The van der Waals surface area contributed by atoms with E-state index in [1.807, 2.05) is 19.1 Å². The van der Waals surface area contributed by atoms with Gasteiger partial charge in [0.1, 0.15) is 6.10 Å². The molecule has 0 spiro atoms. The number of allylic oxidation sites excluding steroid dienone is 2. The maximum Gasteiger partial charge on any atom is 0.302 e. The van der Waals surface area contributed by atoms with Gasteiger partial charge in [-0.3, -0.25) is 4.79 Å². The summed E-state index contributed by atoms with van der Waals surface area (Å²) in [5.41, 5.74) is 0. The average Bonchev–Trinajstić information content (AvgIpc) is 3.06. The Morgan fingerprint density at radius 2 is 1.54 bits per heavy atom. The molecule has 3 rings (SSSR count). The largest absolute Gasteiger partial charge is 0.462 e. The van der Waals surface area contributed by atoms with Crippen molar-refractivity contribution in [3.8, 4) is 0 Å². The second-order valence-corrected chi connectivity index (χ2v) is 8.04. The highest BCUT2D eigenvalue weighted by Gasteiger charge is 2.30. The zero-order chi connectivity index (χ0) is 16.9. The molecular formula is C21H21O2P. The van der Waals surface area contributed by atoms with E-state index < -0.39 is 7.92 Å². The zero-order valence-corrected chi connectivity index (χ0v) is 14.8. The maximum absolute atomic E-state index is 11.4. The lowest BCUT2D eigenvalue weighted by Gasteiger charge is -2.28. The summed E-state index contributed by atoms with van der Waals surface area (Å²) < 4.78 is 5.47. The molecule has 2 aromatic carbocycles. The molecule has 2 atom stereocenters. The van der Waals surface area contributed by atoms with Crippen LogP contribution < -0.4 is 10.6 Å². The third-order valence-electron chi connectivity index (χ3n) is 4.07. The number of carbonyl (C=O) groups is 1. The van der Waals surface area contributed by atoms with Crippen molar-refractivity contribution in [2.24, 2.45) is 5.92 Å². The van der Waals surface area contributed by atoms with Gasteiger partial charge in [-0.05, 0) is 30.8 Å². The summed E-state index contributed by atoms with van der Waals surface area (Å²) in [5.74, 6) is -0.105. The molecule has 0 aromatic heterocycles. The Morgan fingerprint density at radius 3 is 2.04 bits per heavy atom. The van der Waals surface area contributed by atoms with Crippen molar-refractivity contribution >= 4 is 24.5 Å². The molecule has 1 unspecified atom stereocenters. The Hall–Kier alpha value is -2.18. The van der Waals surface area contributed by atoms with Crippen molar-refractivity contribution < 1.29 is 9.53 Å². The van der Waals surface area contributed by atoms with E-state index in [0.29, 0.717) is 0 Å². The molecule has 0 N–H and O–H groups in total. The third kappa shape index (κ3) is 3.66. The van der Waals surface area contributed by atoms with Gasteiger partial charge in [-0.25, -0.2) is 0 Å². The number of ether oxygens (including phenoxy) is 1. The molecule has 0 fully saturated rings. The van der Waals surface area contributed by atoms with E-state index in [9.17, 15) is 4.79 Å². The van der Waals surface area contributed by atoms with Crippen LogP contribution in [0.4, 0.5) is 0 Å². The summed E-state index contributed by atoms with van der Waals surface area (Å²) >= 11 is 0. The van der Waals surface area contributed by atoms with Gasteiger partial charge in [-0.15, -0.1) is 0 Å². The van der Waals surface area contributed by atoms with Gasteiger partial charge in [-0.1, -0.05) is 78.9 Å². The van der Waals surface area contributed by atoms with E-state index in [1.54, 1.807) is 0 Å². The van der Waals surface area contributed by atoms with Gasteiger partial charge in [-0.2, -0.15) is 0 Å². The number of carbonyl (C=O) groups excluding carboxylic acids is 1. The van der Waals surface area contributed by atoms with Gasteiger partial charge in [0.05, 0.1) is 0 Å². The molecule has 24 heavy (non-hydrogen) atoms. The topological polar surface area (TPSA) is 26.3 Å². The van der Waals surface area contributed by atoms with Crippen LogP contribution in [0.5, 0.6) is 0 Å². The predicted molar refractivity (Wildman–Crippen MR) is 101 cm³/mol. The summed E-state index contributed by atoms with van der Waals surface area (Å²) in [6.45, 7) is 3.44. The van der Waals surface area contributed by atoms with Gasteiger partial charge >= 0.3 is 5.97 Å². The monoisotopic (exact) mass is 336 g/mol. The van der Waals surface area contributed by atoms with Crippen LogP contribution in [0, 0.1) is 5.92 Å². The van der Waals surface area contributed by atoms with E-state index in [0.717, 1.165) is 0 Å². The first-order valence-electron chi connectivity index (χ1n) is 8.12. The molecular weight excluding hydrogens is 315 g/mol. The average molecular weight is 336 g/mol. The summed E-state index contributed by atoms with van der Waals surface area (Å²) in [6.07, 6.45) is 6.26. The van der Waals surface area contributed by atoms with E-state index in [2.05, 4.69) is 66.8 Å². The minimum Gasteiger partial charge on any atom is -0.462 e. The molecule has 0 radical (unpaired) electrons. The molecule has 0 amide bonds. The van der Waals surface area contributed by atoms with Crippen molar-refractivity contribution in [1.29, 1.82) is 0 Å². The molecule has 0 saturated carbocycles. The smallest absolute Gasteiger partial charge is 0.302 e. The highest BCUT2D eigenvalue weighted by molar-refractivity contribution is 7.76. The summed E-state index contributed by atoms with van der Waals surface area (Å²) in [6, 6.07) is 21.2. The minimum absolute atomic E-state index is 0.125. The van der Waals surface area contributed by atoms with E-state index in [1.165, 1.54) is 22.8 Å². The Kier molecular flexibility index (Phi) is 5.27. The molecule has 0 heterocycles. The van der Waals surface area contributed by atoms with E-state index >= 15 is 0 Å². The van der Waals surface area contributed by atoms with Gasteiger partial charge in [0, 0.05) is 12.8 Å². The molecule has 122 valence electrons. The third-order valence-corrected chi connectivity index (χ3v) is 6.66. The molecule has 2 aromatic rings. The highest BCUT2D eigenvalue weighted by atomic mass is 31.1. The second-order valence-electron chi connectivity index (χ2n) is 5.82. The first-order valence-corrected chi connectivity index (χ1v) is 9.47. The van der Waals surface area contributed by atoms with Crippen molar-refractivity contribution in [3.05, 3.63) is 84.2 Å². The number of benzene rings is 2. The Balaban J connectivity index is 1.99. The highest BCUT2D eigenvalue weighted by Crippen LogP contribution is 2.50. The lowest BCUT2D eigenvalue weighted by atomic mass is 10.1. The fourth-order valence-corrected chi connectivity index (χ4v) is 5.70. The number of hydrogen-bond acceptors (Lipinski definition) is 2. The first-order chi connectivity index (χ1) is 11.7. The quantitative estimate of drug-likeness (QED) is 0.606. The normalized spacial score (nSPS) is 17.6. The second kappa shape index (κ2) is 7.59. The van der Waals surface area contributed by atoms with Crippen LogP contribution in [0.15, 0.2) is 84.2 Å². The predicted octanol–water partition coefficient (Wildman–Crippen LogP) is 4.14. The van der Waals surface area contributed by atoms with Crippen LogP contribution in [0.25, 0.3) is 0 Å². The van der Waals surface area contributed by atoms with Crippen molar-refractivity contribution in [1.82, 2.24) is 0 Å². The van der Waals surface area contributed by atoms with Gasteiger partial charge in [0.25, 0.3) is 0 Å². The Morgan fingerprint density at radius 1 is 1.00 bits per heavy atom. The SMILES string of the molecule is CC(=O)O[C@@H](C)C1C=CC=C1P(c1ccccc1)c1ccccc1. The summed E-state index contributed by atoms with van der Waals surface area (Å²) in [5, 5.41) is 3.96. The standard InChI is InChI=1S/C21H21O2P/c1-16(23-17(2)22)20-14-9-15-21(20)24(18-10-5-3-6-11-18)19-12-7-4-8-13-19/h3-16,20H,1-2H3/t16-,20?/m0/s1. The molecule has 2 nitrogen and oxygen atoms in total. The number of esters is 1. The maximum atomic E-state index is 11.4. The number of rotatable bonds is 5. The summed E-state index contributed by atoms with van der Waals surface area (Å²) in [7, 11) is -0.641.